The first kappa shape index (κ1) is 17.6. The summed E-state index contributed by atoms with van der Waals surface area (Å²) in [4.78, 5) is 0. The Labute approximate surface area is 154 Å². The fraction of sp³-hybridized carbons (Fsp3) is 0. The number of hydrazine groups is 1. The third-order valence-corrected chi connectivity index (χ3v) is 4.30. The van der Waals surface area contributed by atoms with E-state index in [1.54, 1.807) is 0 Å². The third kappa shape index (κ3) is 3.72. The lowest BCUT2D eigenvalue weighted by molar-refractivity contribution is 1.26. The van der Waals surface area contributed by atoms with E-state index in [0.717, 1.165) is 0 Å². The molecule has 0 amide bonds. The van der Waals surface area contributed by atoms with Gasteiger partial charge in [-0.25, -0.2) is 0 Å². The molecule has 0 spiro atoms. The van der Waals surface area contributed by atoms with Crippen LogP contribution in [0.25, 0.3) is 33.4 Å². The van der Waals surface area contributed by atoms with Gasteiger partial charge in [0.05, 0.1) is 0 Å². The lowest BCUT2D eigenvalue weighted by Gasteiger charge is -2.16. The second kappa shape index (κ2) is 8.77. The number of hydrogen-bond donors (Lipinski definition) is 2. The standard InChI is InChI=1S/C24H18.H4N2/c1-4-11-19(12-5-1)22-17-10-18-23(20-13-6-2-7-14-20)24(22)21-15-8-3-9-16-21;1-2/h1-18H;1-2H2. The molecule has 2 nitrogen and oxygen atoms in total. The van der Waals surface area contributed by atoms with Gasteiger partial charge in [-0.2, -0.15) is 0 Å². The molecule has 0 aliphatic carbocycles. The van der Waals surface area contributed by atoms with Gasteiger partial charge in [-0.1, -0.05) is 109 Å². The van der Waals surface area contributed by atoms with E-state index < -0.39 is 0 Å². The molecule has 4 N–H and O–H groups in total. The molecule has 0 atom stereocenters. The fourth-order valence-corrected chi connectivity index (χ4v) is 3.18. The lowest BCUT2D eigenvalue weighted by atomic mass is 9.88. The van der Waals surface area contributed by atoms with Gasteiger partial charge in [0.1, 0.15) is 0 Å². The summed E-state index contributed by atoms with van der Waals surface area (Å²) in [7, 11) is 0. The molecule has 0 bridgehead atoms. The highest BCUT2D eigenvalue weighted by Crippen LogP contribution is 2.39. The Morgan fingerprint density at radius 2 is 0.692 bits per heavy atom. The Hall–Kier alpha value is -3.20. The van der Waals surface area contributed by atoms with E-state index in [0.29, 0.717) is 0 Å². The van der Waals surface area contributed by atoms with Crippen molar-refractivity contribution >= 4 is 0 Å². The second-order valence-electron chi connectivity index (χ2n) is 5.83. The van der Waals surface area contributed by atoms with Gasteiger partial charge >= 0.3 is 0 Å². The predicted molar refractivity (Wildman–Crippen MR) is 111 cm³/mol. The average molecular weight is 338 g/mol. The normalized spacial score (nSPS) is 9.92. The highest BCUT2D eigenvalue weighted by molar-refractivity contribution is 5.94. The molecule has 0 fully saturated rings. The van der Waals surface area contributed by atoms with Crippen molar-refractivity contribution in [3.8, 4) is 33.4 Å². The summed E-state index contributed by atoms with van der Waals surface area (Å²) >= 11 is 0. The van der Waals surface area contributed by atoms with E-state index in [-0.39, 0.29) is 0 Å². The van der Waals surface area contributed by atoms with Gasteiger partial charge in [-0.3, -0.25) is 11.7 Å². The van der Waals surface area contributed by atoms with Crippen LogP contribution >= 0.6 is 0 Å². The highest BCUT2D eigenvalue weighted by atomic mass is 15.0. The molecule has 4 rings (SSSR count). The maximum atomic E-state index is 4.00. The van der Waals surface area contributed by atoms with Gasteiger partial charge in [0.25, 0.3) is 0 Å². The first-order valence-corrected chi connectivity index (χ1v) is 8.56. The van der Waals surface area contributed by atoms with Gasteiger partial charge < -0.3 is 0 Å². The van der Waals surface area contributed by atoms with E-state index in [9.17, 15) is 0 Å². The van der Waals surface area contributed by atoms with Crippen LogP contribution in [-0.4, -0.2) is 0 Å². The minimum atomic E-state index is 1.24. The van der Waals surface area contributed by atoms with Crippen LogP contribution in [0.15, 0.2) is 109 Å². The van der Waals surface area contributed by atoms with Crippen LogP contribution in [0.4, 0.5) is 0 Å². The molecule has 4 aromatic rings. The zero-order valence-corrected chi connectivity index (χ0v) is 14.5. The van der Waals surface area contributed by atoms with Crippen LogP contribution in [-0.2, 0) is 0 Å². The minimum absolute atomic E-state index is 1.24. The maximum absolute atomic E-state index is 4.00. The molecular weight excluding hydrogens is 316 g/mol. The van der Waals surface area contributed by atoms with Crippen LogP contribution in [0.3, 0.4) is 0 Å². The summed E-state index contributed by atoms with van der Waals surface area (Å²) in [6.45, 7) is 0. The molecule has 0 saturated carbocycles. The van der Waals surface area contributed by atoms with Crippen LogP contribution in [0.1, 0.15) is 0 Å². The van der Waals surface area contributed by atoms with Crippen LogP contribution in [0, 0.1) is 0 Å². The molecule has 0 heterocycles. The van der Waals surface area contributed by atoms with E-state index in [2.05, 4.69) is 121 Å². The van der Waals surface area contributed by atoms with E-state index in [4.69, 9.17) is 0 Å². The summed E-state index contributed by atoms with van der Waals surface area (Å²) in [5.74, 6) is 8.00. The number of nitrogens with two attached hydrogens (primary N) is 2. The SMILES string of the molecule is NN.c1ccc(-c2cccc(-c3ccccc3)c2-c2ccccc2)cc1. The highest BCUT2D eigenvalue weighted by Gasteiger charge is 2.13. The lowest BCUT2D eigenvalue weighted by Crippen LogP contribution is -2.02. The van der Waals surface area contributed by atoms with Crippen molar-refractivity contribution in [1.29, 1.82) is 0 Å². The molecule has 0 radical (unpaired) electrons. The van der Waals surface area contributed by atoms with Gasteiger partial charge in [-0.15, -0.1) is 0 Å². The molecule has 0 aliphatic heterocycles. The van der Waals surface area contributed by atoms with E-state index in [1.807, 2.05) is 0 Å². The molecule has 128 valence electrons. The molecule has 0 saturated heterocycles. The Kier molecular flexibility index (Phi) is 5.94. The first-order chi connectivity index (χ1) is 12.9. The Morgan fingerprint density at radius 1 is 0.346 bits per heavy atom. The van der Waals surface area contributed by atoms with Crippen molar-refractivity contribution in [2.24, 2.45) is 11.7 Å². The largest absolute Gasteiger partial charge is 0.274 e. The van der Waals surface area contributed by atoms with Crippen molar-refractivity contribution in [1.82, 2.24) is 0 Å². The van der Waals surface area contributed by atoms with Crippen molar-refractivity contribution in [2.75, 3.05) is 0 Å². The van der Waals surface area contributed by atoms with E-state index >= 15 is 0 Å². The van der Waals surface area contributed by atoms with Crippen LogP contribution in [0.2, 0.25) is 0 Å². The summed E-state index contributed by atoms with van der Waals surface area (Å²) in [6.07, 6.45) is 0. The van der Waals surface area contributed by atoms with Gasteiger partial charge in [-0.05, 0) is 33.4 Å². The summed E-state index contributed by atoms with van der Waals surface area (Å²) in [5.41, 5.74) is 7.56. The van der Waals surface area contributed by atoms with Crippen molar-refractivity contribution in [2.45, 2.75) is 0 Å². The minimum Gasteiger partial charge on any atom is -0.274 e. The molecule has 0 unspecified atom stereocenters. The third-order valence-electron chi connectivity index (χ3n) is 4.30. The molecule has 26 heavy (non-hydrogen) atoms. The topological polar surface area (TPSA) is 52.0 Å². The molecule has 0 aromatic heterocycles. The van der Waals surface area contributed by atoms with Gasteiger partial charge in [0, 0.05) is 0 Å². The van der Waals surface area contributed by atoms with E-state index in [1.165, 1.54) is 33.4 Å². The molecule has 0 aliphatic rings. The first-order valence-electron chi connectivity index (χ1n) is 8.56. The second-order valence-corrected chi connectivity index (χ2v) is 5.83. The molecule has 2 heteroatoms. The summed E-state index contributed by atoms with van der Waals surface area (Å²) in [6, 6.07) is 38.4. The zero-order chi connectivity index (χ0) is 18.2. The Morgan fingerprint density at radius 3 is 1.08 bits per heavy atom. The number of rotatable bonds is 3. The monoisotopic (exact) mass is 338 g/mol. The summed E-state index contributed by atoms with van der Waals surface area (Å²) in [5, 5.41) is 0. The number of hydrogen-bond acceptors (Lipinski definition) is 2. The maximum Gasteiger partial charge on any atom is -0.00268 e. The van der Waals surface area contributed by atoms with Crippen LogP contribution < -0.4 is 11.7 Å². The van der Waals surface area contributed by atoms with Crippen LogP contribution in [0.5, 0.6) is 0 Å². The Bertz CT molecular complexity index is 876. The van der Waals surface area contributed by atoms with Gasteiger partial charge in [0.15, 0.2) is 0 Å². The van der Waals surface area contributed by atoms with Gasteiger partial charge in [0.2, 0.25) is 0 Å². The van der Waals surface area contributed by atoms with Crippen molar-refractivity contribution in [3.05, 3.63) is 109 Å². The van der Waals surface area contributed by atoms with Crippen molar-refractivity contribution in [3.63, 3.8) is 0 Å². The quantitative estimate of drug-likeness (QED) is 0.382. The fourth-order valence-electron chi connectivity index (χ4n) is 3.18. The Balaban J connectivity index is 0.000000948. The molecule has 4 aromatic carbocycles. The predicted octanol–water partition coefficient (Wildman–Crippen LogP) is 5.51. The summed E-state index contributed by atoms with van der Waals surface area (Å²) < 4.78 is 0. The number of benzene rings is 4. The molecular formula is C24H22N2. The average Bonchev–Trinajstić information content (AvgIpc) is 2.76. The smallest absolute Gasteiger partial charge is 0.00268 e. The zero-order valence-electron chi connectivity index (χ0n) is 14.5. The van der Waals surface area contributed by atoms with Crippen molar-refractivity contribution < 1.29 is 0 Å².